The fourth-order valence-corrected chi connectivity index (χ4v) is 2.33. The van der Waals surface area contributed by atoms with E-state index in [1.54, 1.807) is 19.1 Å². The molecule has 112 valence electrons. The molecule has 0 atom stereocenters. The normalized spacial score (nSPS) is 10.9. The van der Waals surface area contributed by atoms with Crippen molar-refractivity contribution in [2.24, 2.45) is 0 Å². The molecule has 0 fully saturated rings. The Kier molecular flexibility index (Phi) is 5.07. The number of hydrogen-bond donors (Lipinski definition) is 1. The second kappa shape index (κ2) is 6.81. The van der Waals surface area contributed by atoms with Crippen LogP contribution in [0.25, 0.3) is 11.1 Å². The second-order valence-electron chi connectivity index (χ2n) is 5.38. The Morgan fingerprint density at radius 1 is 0.905 bits per heavy atom. The summed E-state index contributed by atoms with van der Waals surface area (Å²) in [7, 11) is 0. The highest BCUT2D eigenvalue weighted by Gasteiger charge is 2.14. The molecule has 21 heavy (non-hydrogen) atoms. The molecule has 0 unspecified atom stereocenters. The van der Waals surface area contributed by atoms with Crippen LogP contribution in [0.5, 0.6) is 0 Å². The highest BCUT2D eigenvalue weighted by Crippen LogP contribution is 2.29. The Morgan fingerprint density at radius 2 is 1.62 bits per heavy atom. The van der Waals surface area contributed by atoms with Gasteiger partial charge >= 0.3 is 0 Å². The van der Waals surface area contributed by atoms with Gasteiger partial charge in [0, 0.05) is 12.1 Å². The Bertz CT molecular complexity index is 635. The van der Waals surface area contributed by atoms with Crippen molar-refractivity contribution in [3.8, 4) is 11.1 Å². The number of benzene rings is 2. The van der Waals surface area contributed by atoms with E-state index in [2.05, 4.69) is 12.2 Å². The van der Waals surface area contributed by atoms with E-state index in [0.717, 1.165) is 36.2 Å². The van der Waals surface area contributed by atoms with Crippen LogP contribution in [0.4, 0.5) is 8.78 Å². The fourth-order valence-electron chi connectivity index (χ4n) is 2.33. The summed E-state index contributed by atoms with van der Waals surface area (Å²) in [5.41, 5.74) is 3.42. The molecule has 0 aliphatic rings. The first-order valence-electron chi connectivity index (χ1n) is 7.29. The van der Waals surface area contributed by atoms with Gasteiger partial charge in [0.1, 0.15) is 0 Å². The minimum Gasteiger partial charge on any atom is -0.313 e. The van der Waals surface area contributed by atoms with Crippen molar-refractivity contribution in [3.05, 3.63) is 58.7 Å². The molecule has 1 N–H and O–H groups in total. The van der Waals surface area contributed by atoms with Crippen molar-refractivity contribution in [2.45, 2.75) is 33.7 Å². The highest BCUT2D eigenvalue weighted by atomic mass is 19.2. The Labute approximate surface area is 125 Å². The van der Waals surface area contributed by atoms with E-state index < -0.39 is 11.6 Å². The van der Waals surface area contributed by atoms with Gasteiger partial charge in [-0.25, -0.2) is 8.78 Å². The van der Waals surface area contributed by atoms with Gasteiger partial charge in [-0.1, -0.05) is 31.2 Å². The summed E-state index contributed by atoms with van der Waals surface area (Å²) in [5, 5.41) is 3.32. The predicted molar refractivity (Wildman–Crippen MR) is 83.3 cm³/mol. The Balaban J connectivity index is 2.39. The van der Waals surface area contributed by atoms with E-state index in [1.807, 2.05) is 25.1 Å². The number of halogens is 2. The van der Waals surface area contributed by atoms with Crippen LogP contribution in [0, 0.1) is 25.5 Å². The first-order chi connectivity index (χ1) is 10.0. The smallest absolute Gasteiger partial charge is 0.166 e. The standard InChI is InChI=1S/C18H21F2N/c1-4-9-21-11-14-7-5-12(2)16(10-14)15-8-6-13(3)17(19)18(15)20/h5-8,10,21H,4,9,11H2,1-3H3. The molecule has 2 rings (SSSR count). The van der Waals surface area contributed by atoms with Crippen molar-refractivity contribution in [1.82, 2.24) is 5.32 Å². The summed E-state index contributed by atoms with van der Waals surface area (Å²) < 4.78 is 27.9. The zero-order chi connectivity index (χ0) is 15.4. The van der Waals surface area contributed by atoms with Crippen LogP contribution in [0.2, 0.25) is 0 Å². The summed E-state index contributed by atoms with van der Waals surface area (Å²) in [4.78, 5) is 0. The molecule has 0 bridgehead atoms. The van der Waals surface area contributed by atoms with Crippen molar-refractivity contribution < 1.29 is 8.78 Å². The maximum absolute atomic E-state index is 14.2. The largest absolute Gasteiger partial charge is 0.313 e. The van der Waals surface area contributed by atoms with Gasteiger partial charge in [0.25, 0.3) is 0 Å². The summed E-state index contributed by atoms with van der Waals surface area (Å²) in [5.74, 6) is -1.53. The predicted octanol–water partition coefficient (Wildman–Crippen LogP) is 4.75. The quantitative estimate of drug-likeness (QED) is 0.783. The van der Waals surface area contributed by atoms with Crippen LogP contribution in [0.1, 0.15) is 30.0 Å². The van der Waals surface area contributed by atoms with E-state index in [9.17, 15) is 8.78 Å². The van der Waals surface area contributed by atoms with Crippen molar-refractivity contribution in [1.29, 1.82) is 0 Å². The third-order valence-corrected chi connectivity index (χ3v) is 3.62. The third kappa shape index (κ3) is 3.48. The van der Waals surface area contributed by atoms with Crippen LogP contribution in [-0.4, -0.2) is 6.54 Å². The summed E-state index contributed by atoms with van der Waals surface area (Å²) in [6, 6.07) is 9.18. The molecular weight excluding hydrogens is 268 g/mol. The maximum Gasteiger partial charge on any atom is 0.166 e. The lowest BCUT2D eigenvalue weighted by atomic mass is 9.96. The van der Waals surface area contributed by atoms with Gasteiger partial charge in [0.15, 0.2) is 11.6 Å². The highest BCUT2D eigenvalue weighted by molar-refractivity contribution is 5.69. The molecule has 2 aromatic carbocycles. The molecule has 3 heteroatoms. The zero-order valence-corrected chi connectivity index (χ0v) is 12.8. The fraction of sp³-hybridized carbons (Fsp3) is 0.333. The topological polar surface area (TPSA) is 12.0 Å². The van der Waals surface area contributed by atoms with Gasteiger partial charge in [-0.15, -0.1) is 0 Å². The summed E-state index contributed by atoms with van der Waals surface area (Å²) in [6.07, 6.45) is 1.07. The second-order valence-corrected chi connectivity index (χ2v) is 5.38. The maximum atomic E-state index is 14.2. The van der Waals surface area contributed by atoms with E-state index in [0.29, 0.717) is 11.1 Å². The van der Waals surface area contributed by atoms with Crippen LogP contribution < -0.4 is 5.32 Å². The molecule has 0 amide bonds. The molecule has 0 radical (unpaired) electrons. The Morgan fingerprint density at radius 3 is 2.33 bits per heavy atom. The van der Waals surface area contributed by atoms with Crippen molar-refractivity contribution >= 4 is 0 Å². The summed E-state index contributed by atoms with van der Waals surface area (Å²) in [6.45, 7) is 7.27. The molecule has 0 saturated heterocycles. The Hall–Kier alpha value is -1.74. The zero-order valence-electron chi connectivity index (χ0n) is 12.8. The van der Waals surface area contributed by atoms with Gasteiger partial charge < -0.3 is 5.32 Å². The van der Waals surface area contributed by atoms with Crippen LogP contribution in [0.15, 0.2) is 30.3 Å². The minimum atomic E-state index is -0.767. The van der Waals surface area contributed by atoms with Crippen molar-refractivity contribution in [2.75, 3.05) is 6.54 Å². The van der Waals surface area contributed by atoms with Gasteiger partial charge in [0.2, 0.25) is 0 Å². The molecule has 2 aromatic rings. The minimum absolute atomic E-state index is 0.327. The van der Waals surface area contributed by atoms with E-state index in [1.165, 1.54) is 0 Å². The average Bonchev–Trinajstić information content (AvgIpc) is 2.47. The molecule has 0 aliphatic heterocycles. The molecule has 0 heterocycles. The number of nitrogens with one attached hydrogen (secondary N) is 1. The van der Waals surface area contributed by atoms with Gasteiger partial charge in [-0.05, 0) is 55.1 Å². The van der Waals surface area contributed by atoms with Crippen molar-refractivity contribution in [3.63, 3.8) is 0 Å². The van der Waals surface area contributed by atoms with E-state index in [-0.39, 0.29) is 0 Å². The number of rotatable bonds is 5. The molecule has 0 saturated carbocycles. The number of aryl methyl sites for hydroxylation is 2. The van der Waals surface area contributed by atoms with E-state index in [4.69, 9.17) is 0 Å². The van der Waals surface area contributed by atoms with Gasteiger partial charge in [-0.2, -0.15) is 0 Å². The SMILES string of the molecule is CCCNCc1ccc(C)c(-c2ccc(C)c(F)c2F)c1. The first-order valence-corrected chi connectivity index (χ1v) is 7.29. The molecule has 1 nitrogen and oxygen atoms in total. The number of hydrogen-bond acceptors (Lipinski definition) is 1. The van der Waals surface area contributed by atoms with Gasteiger partial charge in [-0.3, -0.25) is 0 Å². The van der Waals surface area contributed by atoms with E-state index >= 15 is 0 Å². The third-order valence-electron chi connectivity index (χ3n) is 3.62. The molecule has 0 aromatic heterocycles. The molecular formula is C18H21F2N. The van der Waals surface area contributed by atoms with Crippen LogP contribution in [0.3, 0.4) is 0 Å². The summed E-state index contributed by atoms with van der Waals surface area (Å²) >= 11 is 0. The average molecular weight is 289 g/mol. The monoisotopic (exact) mass is 289 g/mol. The first kappa shape index (κ1) is 15.6. The van der Waals surface area contributed by atoms with Gasteiger partial charge in [0.05, 0.1) is 0 Å². The lowest BCUT2D eigenvalue weighted by Crippen LogP contribution is -2.13. The molecule has 0 aliphatic carbocycles. The lowest BCUT2D eigenvalue weighted by Gasteiger charge is -2.12. The van der Waals surface area contributed by atoms with Crippen LogP contribution in [-0.2, 0) is 6.54 Å². The lowest BCUT2D eigenvalue weighted by molar-refractivity contribution is 0.505. The van der Waals surface area contributed by atoms with Crippen LogP contribution >= 0.6 is 0 Å². The molecule has 0 spiro atoms.